The van der Waals surface area contributed by atoms with Crippen LogP contribution in [-0.2, 0) is 40.6 Å². The van der Waals surface area contributed by atoms with E-state index in [9.17, 15) is 31.1 Å². The first-order valence-electron chi connectivity index (χ1n) is 11.8. The number of benzene rings is 2. The van der Waals surface area contributed by atoms with Gasteiger partial charge in [-0.05, 0) is 42.2 Å². The molecule has 5 nitrogen and oxygen atoms in total. The lowest BCUT2D eigenvalue weighted by atomic mass is 9.74. The summed E-state index contributed by atoms with van der Waals surface area (Å²) >= 11 is 1.43. The van der Waals surface area contributed by atoms with Gasteiger partial charge < -0.3 is 15.4 Å². The minimum Gasteiger partial charge on any atom is -0.371 e. The van der Waals surface area contributed by atoms with Crippen molar-refractivity contribution in [2.24, 2.45) is 5.92 Å². The number of rotatable bonds is 7. The second-order valence-corrected chi connectivity index (χ2v) is 10.5. The van der Waals surface area contributed by atoms with E-state index in [1.807, 2.05) is 35.7 Å². The smallest absolute Gasteiger partial charge is 0.371 e. The van der Waals surface area contributed by atoms with Gasteiger partial charge in [0, 0.05) is 17.6 Å². The standard InChI is InChI=1S/C26H23F6N3O2S/c27-25(28,29)17-8-15(9-18(10-17)26(30,31)32)14-37-21-11-20-19(23(36)34-13-22-33-6-7-38-22)12-24(21,35-20)16-4-2-1-3-5-16/h1-10,19-21,35H,11-14H2,(H,34,36). The number of fused-ring (bicyclic) bond motifs is 2. The monoisotopic (exact) mass is 555 g/mol. The van der Waals surface area contributed by atoms with Crippen molar-refractivity contribution in [2.75, 3.05) is 0 Å². The molecule has 0 saturated carbocycles. The molecule has 2 bridgehead atoms. The van der Waals surface area contributed by atoms with Crippen LogP contribution >= 0.6 is 11.3 Å². The Morgan fingerprint density at radius 2 is 1.76 bits per heavy atom. The number of nitrogens with one attached hydrogen (secondary N) is 2. The average molecular weight is 556 g/mol. The number of hydrogen-bond donors (Lipinski definition) is 2. The van der Waals surface area contributed by atoms with Crippen LogP contribution in [0.3, 0.4) is 0 Å². The van der Waals surface area contributed by atoms with Crippen LogP contribution in [0.25, 0.3) is 0 Å². The van der Waals surface area contributed by atoms with Gasteiger partial charge in [0.2, 0.25) is 5.91 Å². The molecule has 4 unspecified atom stereocenters. The zero-order valence-electron chi connectivity index (χ0n) is 19.8. The molecule has 2 fully saturated rings. The highest BCUT2D eigenvalue weighted by Gasteiger charge is 2.59. The Hall–Kier alpha value is -2.96. The second-order valence-electron chi connectivity index (χ2n) is 9.49. The maximum atomic E-state index is 13.3. The van der Waals surface area contributed by atoms with Crippen LogP contribution < -0.4 is 10.6 Å². The Bertz CT molecular complexity index is 1250. The van der Waals surface area contributed by atoms with E-state index >= 15 is 0 Å². The van der Waals surface area contributed by atoms with Gasteiger partial charge in [-0.25, -0.2) is 4.98 Å². The van der Waals surface area contributed by atoms with Crippen molar-refractivity contribution in [2.45, 2.75) is 56.0 Å². The summed E-state index contributed by atoms with van der Waals surface area (Å²) in [5.41, 5.74) is -2.97. The predicted molar refractivity (Wildman–Crippen MR) is 127 cm³/mol. The molecule has 2 aliphatic heterocycles. The number of nitrogens with zero attached hydrogens (tertiary/aromatic N) is 1. The SMILES string of the molecule is O=C(NCc1nccs1)C1CC2(c3ccccc3)NC1CC2OCc1cc(C(F)(F)F)cc(C(F)(F)F)c1. The number of ether oxygens (including phenoxy) is 1. The lowest BCUT2D eigenvalue weighted by Gasteiger charge is -2.36. The molecule has 0 aliphatic carbocycles. The number of halogens is 6. The number of hydrogen-bond acceptors (Lipinski definition) is 5. The Labute approximate surface area is 218 Å². The maximum Gasteiger partial charge on any atom is 0.416 e. The van der Waals surface area contributed by atoms with Crippen LogP contribution in [0.5, 0.6) is 0 Å². The molecule has 0 radical (unpaired) electrons. The van der Waals surface area contributed by atoms with E-state index < -0.39 is 41.7 Å². The van der Waals surface area contributed by atoms with E-state index in [4.69, 9.17) is 4.74 Å². The highest BCUT2D eigenvalue weighted by molar-refractivity contribution is 7.09. The molecule has 0 spiro atoms. The fraction of sp³-hybridized carbons (Fsp3) is 0.385. The minimum absolute atomic E-state index is 0.100. The zero-order valence-corrected chi connectivity index (χ0v) is 20.6. The third-order valence-electron chi connectivity index (χ3n) is 7.11. The molecule has 1 aromatic heterocycles. The molecule has 38 heavy (non-hydrogen) atoms. The molecular weight excluding hydrogens is 532 g/mol. The fourth-order valence-corrected chi connectivity index (χ4v) is 5.96. The van der Waals surface area contributed by atoms with Gasteiger partial charge in [-0.3, -0.25) is 4.79 Å². The summed E-state index contributed by atoms with van der Waals surface area (Å²) in [6, 6.07) is 10.4. The zero-order chi connectivity index (χ0) is 27.1. The Morgan fingerprint density at radius 1 is 1.08 bits per heavy atom. The minimum atomic E-state index is -4.94. The number of carbonyl (C=O) groups excluding carboxylic acids is 1. The molecule has 2 aliphatic rings. The molecule has 4 atom stereocenters. The molecular formula is C26H23F6N3O2S. The van der Waals surface area contributed by atoms with Gasteiger partial charge in [0.05, 0.1) is 41.8 Å². The first kappa shape index (κ1) is 26.6. The van der Waals surface area contributed by atoms with Gasteiger partial charge in [0.15, 0.2) is 0 Å². The normalized spacial score (nSPS) is 25.1. The molecule has 3 aromatic rings. The van der Waals surface area contributed by atoms with Gasteiger partial charge in [0.1, 0.15) is 5.01 Å². The van der Waals surface area contributed by atoms with Gasteiger partial charge in [0.25, 0.3) is 0 Å². The average Bonchev–Trinajstić information content (AvgIpc) is 3.61. The van der Waals surface area contributed by atoms with Crippen molar-refractivity contribution in [1.82, 2.24) is 15.6 Å². The number of carbonyl (C=O) groups is 1. The fourth-order valence-electron chi connectivity index (χ4n) is 5.40. The van der Waals surface area contributed by atoms with E-state index in [1.54, 1.807) is 6.20 Å². The molecule has 1 amide bonds. The Balaban J connectivity index is 1.36. The largest absolute Gasteiger partial charge is 0.416 e. The third-order valence-corrected chi connectivity index (χ3v) is 7.89. The number of amides is 1. The Morgan fingerprint density at radius 3 is 2.37 bits per heavy atom. The Kier molecular flexibility index (Phi) is 6.99. The first-order valence-corrected chi connectivity index (χ1v) is 12.7. The lowest BCUT2D eigenvalue weighted by Crippen LogP contribution is -2.45. The van der Waals surface area contributed by atoms with E-state index in [-0.39, 0.29) is 29.5 Å². The van der Waals surface area contributed by atoms with Crippen molar-refractivity contribution < 1.29 is 35.9 Å². The highest BCUT2D eigenvalue weighted by Crippen LogP contribution is 2.50. The molecule has 5 rings (SSSR count). The van der Waals surface area contributed by atoms with Crippen LogP contribution in [0.4, 0.5) is 26.3 Å². The summed E-state index contributed by atoms with van der Waals surface area (Å²) < 4.78 is 85.8. The van der Waals surface area contributed by atoms with Crippen molar-refractivity contribution in [1.29, 1.82) is 0 Å². The molecule has 202 valence electrons. The topological polar surface area (TPSA) is 63.2 Å². The molecule has 2 saturated heterocycles. The molecule has 3 heterocycles. The van der Waals surface area contributed by atoms with Gasteiger partial charge in [-0.15, -0.1) is 11.3 Å². The number of thiazole rings is 1. The predicted octanol–water partition coefficient (Wildman–Crippen LogP) is 5.66. The third kappa shape index (κ3) is 5.29. The van der Waals surface area contributed by atoms with E-state index in [2.05, 4.69) is 15.6 Å². The van der Waals surface area contributed by atoms with Gasteiger partial charge >= 0.3 is 12.4 Å². The lowest BCUT2D eigenvalue weighted by molar-refractivity contribution is -0.143. The molecule has 2 N–H and O–H groups in total. The van der Waals surface area contributed by atoms with Crippen molar-refractivity contribution in [3.63, 3.8) is 0 Å². The van der Waals surface area contributed by atoms with Crippen LogP contribution in [0.15, 0.2) is 60.1 Å². The van der Waals surface area contributed by atoms with E-state index in [1.165, 1.54) is 11.3 Å². The van der Waals surface area contributed by atoms with Crippen molar-refractivity contribution >= 4 is 17.2 Å². The van der Waals surface area contributed by atoms with Crippen LogP contribution in [0.2, 0.25) is 0 Å². The number of aromatic nitrogens is 1. The summed E-state index contributed by atoms with van der Waals surface area (Å²) in [6.07, 6.45) is -8.05. The summed E-state index contributed by atoms with van der Waals surface area (Å²) in [5.74, 6) is -0.540. The van der Waals surface area contributed by atoms with Crippen LogP contribution in [0, 0.1) is 5.92 Å². The summed E-state index contributed by atoms with van der Waals surface area (Å²) in [7, 11) is 0. The van der Waals surface area contributed by atoms with Crippen molar-refractivity contribution in [3.8, 4) is 0 Å². The first-order chi connectivity index (χ1) is 18.0. The molecule has 2 aromatic carbocycles. The van der Waals surface area contributed by atoms with Crippen LogP contribution in [-0.4, -0.2) is 23.0 Å². The number of alkyl halides is 6. The summed E-state index contributed by atoms with van der Waals surface area (Å²) in [5, 5.41) is 8.98. The maximum absolute atomic E-state index is 13.3. The summed E-state index contributed by atoms with van der Waals surface area (Å²) in [6.45, 7) is -0.142. The summed E-state index contributed by atoms with van der Waals surface area (Å²) in [4.78, 5) is 17.2. The van der Waals surface area contributed by atoms with Crippen LogP contribution in [0.1, 0.15) is 40.1 Å². The van der Waals surface area contributed by atoms with E-state index in [0.717, 1.165) is 10.6 Å². The van der Waals surface area contributed by atoms with Crippen molar-refractivity contribution in [3.05, 3.63) is 87.4 Å². The highest BCUT2D eigenvalue weighted by atomic mass is 32.1. The van der Waals surface area contributed by atoms with Gasteiger partial charge in [-0.2, -0.15) is 26.3 Å². The quantitative estimate of drug-likeness (QED) is 0.370. The van der Waals surface area contributed by atoms with E-state index in [0.29, 0.717) is 31.5 Å². The van der Waals surface area contributed by atoms with Gasteiger partial charge in [-0.1, -0.05) is 30.3 Å². The second kappa shape index (κ2) is 9.97. The molecule has 12 heteroatoms.